The molecule has 1 unspecified atom stereocenters. The zero-order valence-corrected chi connectivity index (χ0v) is 14.2. The maximum absolute atomic E-state index is 5.78. The first kappa shape index (κ1) is 15.9. The van der Waals surface area contributed by atoms with Crippen molar-refractivity contribution in [1.29, 1.82) is 0 Å². The van der Waals surface area contributed by atoms with E-state index < -0.39 is 0 Å². The highest BCUT2D eigenvalue weighted by Gasteiger charge is 2.08. The van der Waals surface area contributed by atoms with Gasteiger partial charge in [-0.05, 0) is 43.5 Å². The largest absolute Gasteiger partial charge is 0.493 e. The number of rotatable bonds is 7. The van der Waals surface area contributed by atoms with Crippen molar-refractivity contribution in [3.05, 3.63) is 46.2 Å². The molecule has 114 valence electrons. The Morgan fingerprint density at radius 1 is 1.14 bits per heavy atom. The molecule has 3 heteroatoms. The Morgan fingerprint density at radius 2 is 1.95 bits per heavy atom. The second kappa shape index (κ2) is 7.51. The lowest BCUT2D eigenvalue weighted by atomic mass is 10.2. The van der Waals surface area contributed by atoms with Gasteiger partial charge in [-0.3, -0.25) is 0 Å². The van der Waals surface area contributed by atoms with Gasteiger partial charge in [0.1, 0.15) is 5.75 Å². The SMILES string of the molecule is CCc1ccc(C(C)Nc2cccc(OCC(C)C)c2)s1. The van der Waals surface area contributed by atoms with Crippen LogP contribution in [0.15, 0.2) is 36.4 Å². The summed E-state index contributed by atoms with van der Waals surface area (Å²) in [6, 6.07) is 13.0. The molecule has 0 spiro atoms. The van der Waals surface area contributed by atoms with E-state index >= 15 is 0 Å². The quantitative estimate of drug-likeness (QED) is 0.727. The van der Waals surface area contributed by atoms with Crippen molar-refractivity contribution in [2.24, 2.45) is 5.92 Å². The van der Waals surface area contributed by atoms with Crippen LogP contribution in [0, 0.1) is 5.92 Å². The first-order chi connectivity index (χ1) is 10.1. The van der Waals surface area contributed by atoms with Crippen LogP contribution >= 0.6 is 11.3 Å². The molecule has 0 aliphatic heterocycles. The molecule has 1 atom stereocenters. The van der Waals surface area contributed by atoms with E-state index in [-0.39, 0.29) is 0 Å². The topological polar surface area (TPSA) is 21.3 Å². The molecule has 1 heterocycles. The second-order valence-corrected chi connectivity index (χ2v) is 6.96. The molecule has 2 rings (SSSR count). The Balaban J connectivity index is 1.99. The highest BCUT2D eigenvalue weighted by molar-refractivity contribution is 7.12. The molecule has 0 aliphatic carbocycles. The van der Waals surface area contributed by atoms with Crippen molar-refractivity contribution in [2.75, 3.05) is 11.9 Å². The predicted octanol–water partition coefficient (Wildman–Crippen LogP) is 5.52. The fourth-order valence-corrected chi connectivity index (χ4v) is 3.03. The highest BCUT2D eigenvalue weighted by Crippen LogP contribution is 2.27. The molecular formula is C18H25NOS. The van der Waals surface area contributed by atoms with E-state index in [4.69, 9.17) is 4.74 Å². The van der Waals surface area contributed by atoms with Crippen LogP contribution in [0.3, 0.4) is 0 Å². The molecule has 0 radical (unpaired) electrons. The molecular weight excluding hydrogens is 278 g/mol. The minimum Gasteiger partial charge on any atom is -0.493 e. The molecule has 0 bridgehead atoms. The third-order valence-electron chi connectivity index (χ3n) is 3.26. The first-order valence-corrected chi connectivity index (χ1v) is 8.48. The fourth-order valence-electron chi connectivity index (χ4n) is 2.08. The van der Waals surface area contributed by atoms with Crippen LogP contribution in [0.1, 0.15) is 43.5 Å². The van der Waals surface area contributed by atoms with Gasteiger partial charge in [0, 0.05) is 21.5 Å². The summed E-state index contributed by atoms with van der Waals surface area (Å²) in [5.41, 5.74) is 1.11. The number of hydrogen-bond acceptors (Lipinski definition) is 3. The van der Waals surface area contributed by atoms with Crippen LogP contribution in [0.25, 0.3) is 0 Å². The van der Waals surface area contributed by atoms with Crippen LogP contribution in [-0.2, 0) is 6.42 Å². The molecule has 1 aromatic heterocycles. The molecule has 0 aliphatic rings. The standard InChI is InChI=1S/C18H25NOS/c1-5-17-9-10-18(21-17)14(4)19-15-7-6-8-16(11-15)20-12-13(2)3/h6-11,13-14,19H,5,12H2,1-4H3. The van der Waals surface area contributed by atoms with Crippen molar-refractivity contribution >= 4 is 17.0 Å². The van der Waals surface area contributed by atoms with Gasteiger partial charge in [0.25, 0.3) is 0 Å². The fraction of sp³-hybridized carbons (Fsp3) is 0.444. The van der Waals surface area contributed by atoms with Crippen LogP contribution in [0.4, 0.5) is 5.69 Å². The summed E-state index contributed by atoms with van der Waals surface area (Å²) in [6.07, 6.45) is 1.11. The normalized spacial score (nSPS) is 12.4. The predicted molar refractivity (Wildman–Crippen MR) is 92.5 cm³/mol. The summed E-state index contributed by atoms with van der Waals surface area (Å²) in [4.78, 5) is 2.81. The average Bonchev–Trinajstić information content (AvgIpc) is 2.94. The highest BCUT2D eigenvalue weighted by atomic mass is 32.1. The first-order valence-electron chi connectivity index (χ1n) is 7.66. The van der Waals surface area contributed by atoms with Crippen molar-refractivity contribution in [2.45, 2.75) is 40.2 Å². The Morgan fingerprint density at radius 3 is 2.62 bits per heavy atom. The summed E-state index contributed by atoms with van der Waals surface area (Å²) >= 11 is 1.88. The molecule has 0 amide bonds. The van der Waals surface area contributed by atoms with Gasteiger partial charge in [-0.1, -0.05) is 26.8 Å². The van der Waals surface area contributed by atoms with E-state index in [1.165, 1.54) is 9.75 Å². The van der Waals surface area contributed by atoms with Gasteiger partial charge < -0.3 is 10.1 Å². The third kappa shape index (κ3) is 4.78. The number of aryl methyl sites for hydroxylation is 1. The van der Waals surface area contributed by atoms with Gasteiger partial charge in [0.05, 0.1) is 12.6 Å². The third-order valence-corrected chi connectivity index (χ3v) is 4.67. The lowest BCUT2D eigenvalue weighted by Gasteiger charge is -2.15. The van der Waals surface area contributed by atoms with Crippen molar-refractivity contribution in [3.63, 3.8) is 0 Å². The van der Waals surface area contributed by atoms with E-state index in [2.05, 4.69) is 57.3 Å². The van der Waals surface area contributed by atoms with Crippen molar-refractivity contribution < 1.29 is 4.74 Å². The Labute approximate surface area is 132 Å². The molecule has 21 heavy (non-hydrogen) atoms. The van der Waals surface area contributed by atoms with E-state index in [1.54, 1.807) is 0 Å². The lowest BCUT2D eigenvalue weighted by molar-refractivity contribution is 0.271. The summed E-state index contributed by atoms with van der Waals surface area (Å²) in [5.74, 6) is 1.47. The van der Waals surface area contributed by atoms with Crippen LogP contribution in [0.5, 0.6) is 5.75 Å². The van der Waals surface area contributed by atoms with Gasteiger partial charge >= 0.3 is 0 Å². The number of anilines is 1. The molecule has 1 N–H and O–H groups in total. The van der Waals surface area contributed by atoms with Gasteiger partial charge in [-0.15, -0.1) is 11.3 Å². The summed E-state index contributed by atoms with van der Waals surface area (Å²) in [5, 5.41) is 3.55. The monoisotopic (exact) mass is 303 g/mol. The van der Waals surface area contributed by atoms with Gasteiger partial charge in [0.2, 0.25) is 0 Å². The molecule has 0 saturated carbocycles. The Hall–Kier alpha value is -1.48. The zero-order valence-electron chi connectivity index (χ0n) is 13.3. The smallest absolute Gasteiger partial charge is 0.121 e. The number of ether oxygens (including phenoxy) is 1. The van der Waals surface area contributed by atoms with Crippen LogP contribution in [0.2, 0.25) is 0 Å². The molecule has 0 saturated heterocycles. The van der Waals surface area contributed by atoms with E-state index in [0.29, 0.717) is 12.0 Å². The summed E-state index contributed by atoms with van der Waals surface area (Å²) in [6.45, 7) is 9.47. The Kier molecular flexibility index (Phi) is 5.68. The van der Waals surface area contributed by atoms with Crippen molar-refractivity contribution in [1.82, 2.24) is 0 Å². The Bertz CT molecular complexity index is 562. The number of thiophene rings is 1. The molecule has 1 aromatic carbocycles. The average molecular weight is 303 g/mol. The van der Waals surface area contributed by atoms with Gasteiger partial charge in [0.15, 0.2) is 0 Å². The van der Waals surface area contributed by atoms with E-state index in [1.807, 2.05) is 23.5 Å². The van der Waals surface area contributed by atoms with Gasteiger partial charge in [-0.2, -0.15) is 0 Å². The maximum atomic E-state index is 5.78. The van der Waals surface area contributed by atoms with E-state index in [0.717, 1.165) is 24.5 Å². The molecule has 2 nitrogen and oxygen atoms in total. The number of hydrogen-bond donors (Lipinski definition) is 1. The van der Waals surface area contributed by atoms with E-state index in [9.17, 15) is 0 Å². The molecule has 0 fully saturated rings. The summed E-state index contributed by atoms with van der Waals surface area (Å²) < 4.78 is 5.78. The van der Waals surface area contributed by atoms with Crippen LogP contribution < -0.4 is 10.1 Å². The minimum atomic E-state index is 0.315. The number of benzene rings is 1. The zero-order chi connectivity index (χ0) is 15.2. The van der Waals surface area contributed by atoms with Crippen LogP contribution in [-0.4, -0.2) is 6.61 Å². The number of nitrogens with one attached hydrogen (secondary N) is 1. The minimum absolute atomic E-state index is 0.315. The van der Waals surface area contributed by atoms with Crippen molar-refractivity contribution in [3.8, 4) is 5.75 Å². The second-order valence-electron chi connectivity index (χ2n) is 5.76. The van der Waals surface area contributed by atoms with Gasteiger partial charge in [-0.25, -0.2) is 0 Å². The maximum Gasteiger partial charge on any atom is 0.121 e. The molecule has 2 aromatic rings. The summed E-state index contributed by atoms with van der Waals surface area (Å²) in [7, 11) is 0. The lowest BCUT2D eigenvalue weighted by Crippen LogP contribution is -2.06.